The minimum absolute atomic E-state index is 0.0783. The van der Waals surface area contributed by atoms with Gasteiger partial charge in [0, 0.05) is 12.0 Å². The lowest BCUT2D eigenvalue weighted by molar-refractivity contribution is 0.0696. The van der Waals surface area contributed by atoms with Gasteiger partial charge in [-0.25, -0.2) is 4.79 Å². The Bertz CT molecular complexity index is 578. The van der Waals surface area contributed by atoms with Crippen LogP contribution in [-0.4, -0.2) is 41.8 Å². The molecule has 1 atom stereocenters. The molecule has 19 heavy (non-hydrogen) atoms. The molecule has 0 heterocycles. The van der Waals surface area contributed by atoms with E-state index in [0.717, 1.165) is 24.3 Å². The Kier molecular flexibility index (Phi) is 4.73. The van der Waals surface area contributed by atoms with Crippen molar-refractivity contribution >= 4 is 21.9 Å². The zero-order valence-electron chi connectivity index (χ0n) is 9.61. The van der Waals surface area contributed by atoms with E-state index in [0.29, 0.717) is 0 Å². The Balaban J connectivity index is 3.07. The maximum atomic E-state index is 12.2. The SMILES string of the molecule is O=C(O)c1ccc(C(=O)C(CCF)S(=O)(=O)O)cc1. The molecule has 1 aromatic carbocycles. The Labute approximate surface area is 108 Å². The Morgan fingerprint density at radius 1 is 1.16 bits per heavy atom. The van der Waals surface area contributed by atoms with E-state index in [-0.39, 0.29) is 11.1 Å². The number of Topliss-reactive ketones (excluding diaryl/α,β-unsaturated/α-hetero) is 1. The normalized spacial score (nSPS) is 12.9. The molecule has 0 amide bonds. The minimum atomic E-state index is -4.71. The molecule has 1 unspecified atom stereocenters. The Hall–Kier alpha value is -1.80. The van der Waals surface area contributed by atoms with Crippen LogP contribution < -0.4 is 0 Å². The number of carbonyl (C=O) groups is 2. The number of aromatic carboxylic acids is 1. The third-order valence-electron chi connectivity index (χ3n) is 2.44. The first kappa shape index (κ1) is 15.3. The van der Waals surface area contributed by atoms with E-state index >= 15 is 0 Å². The van der Waals surface area contributed by atoms with Gasteiger partial charge in [-0.2, -0.15) is 8.42 Å². The molecule has 0 aliphatic rings. The minimum Gasteiger partial charge on any atom is -0.478 e. The molecule has 6 nitrogen and oxygen atoms in total. The van der Waals surface area contributed by atoms with Gasteiger partial charge in [0.15, 0.2) is 11.0 Å². The molecule has 1 aromatic rings. The summed E-state index contributed by atoms with van der Waals surface area (Å²) in [6.07, 6.45) is -0.654. The summed E-state index contributed by atoms with van der Waals surface area (Å²) in [4.78, 5) is 22.4. The molecule has 2 N–H and O–H groups in total. The lowest BCUT2D eigenvalue weighted by Crippen LogP contribution is -2.30. The van der Waals surface area contributed by atoms with Crippen LogP contribution >= 0.6 is 0 Å². The number of carboxylic acids is 1. The molecular formula is C11H11FO6S. The number of hydrogen-bond acceptors (Lipinski definition) is 4. The van der Waals surface area contributed by atoms with Gasteiger partial charge in [-0.1, -0.05) is 12.1 Å². The fourth-order valence-corrected chi connectivity index (χ4v) is 2.27. The lowest BCUT2D eigenvalue weighted by atomic mass is 10.0. The molecule has 0 saturated carbocycles. The number of hydrogen-bond donors (Lipinski definition) is 2. The van der Waals surface area contributed by atoms with Crippen molar-refractivity contribution in [2.75, 3.05) is 6.67 Å². The zero-order chi connectivity index (χ0) is 14.6. The maximum Gasteiger partial charge on any atom is 0.335 e. The number of carbonyl (C=O) groups excluding carboxylic acids is 1. The van der Waals surface area contributed by atoms with Crippen molar-refractivity contribution in [2.24, 2.45) is 0 Å². The number of carboxylic acid groups (broad SMARTS) is 1. The van der Waals surface area contributed by atoms with Gasteiger partial charge in [0.1, 0.15) is 0 Å². The predicted octanol–water partition coefficient (Wildman–Crippen LogP) is 1.18. The van der Waals surface area contributed by atoms with Gasteiger partial charge in [0.05, 0.1) is 12.2 Å². The zero-order valence-corrected chi connectivity index (χ0v) is 10.4. The first-order valence-corrected chi connectivity index (χ1v) is 6.67. The average molecular weight is 290 g/mol. The molecule has 0 saturated heterocycles. The van der Waals surface area contributed by atoms with Crippen LogP contribution in [-0.2, 0) is 10.1 Å². The second-order valence-corrected chi connectivity index (χ2v) is 5.33. The number of ketones is 1. The molecule has 8 heteroatoms. The van der Waals surface area contributed by atoms with Crippen molar-refractivity contribution in [3.8, 4) is 0 Å². The van der Waals surface area contributed by atoms with Crippen molar-refractivity contribution in [1.82, 2.24) is 0 Å². The first-order chi connectivity index (χ1) is 8.77. The third-order valence-corrected chi connectivity index (χ3v) is 3.61. The number of rotatable bonds is 6. The fraction of sp³-hybridized carbons (Fsp3) is 0.273. The second-order valence-electron chi connectivity index (χ2n) is 3.73. The van der Waals surface area contributed by atoms with Crippen molar-refractivity contribution < 1.29 is 32.1 Å². The van der Waals surface area contributed by atoms with E-state index in [2.05, 4.69) is 0 Å². The standard InChI is InChI=1S/C11H11FO6S/c12-6-5-9(19(16,17)18)10(13)7-1-3-8(4-2-7)11(14)15/h1-4,9H,5-6H2,(H,14,15)(H,16,17,18). The summed E-state index contributed by atoms with van der Waals surface area (Å²) in [5, 5.41) is 6.79. The summed E-state index contributed by atoms with van der Waals surface area (Å²) in [5.41, 5.74) is -0.188. The molecule has 0 aliphatic heterocycles. The van der Waals surface area contributed by atoms with Gasteiger partial charge in [-0.3, -0.25) is 13.7 Å². The van der Waals surface area contributed by atoms with Crippen LogP contribution in [0.4, 0.5) is 4.39 Å². The molecule has 1 rings (SSSR count). The van der Waals surface area contributed by atoms with Crippen LogP contribution in [0, 0.1) is 0 Å². The highest BCUT2D eigenvalue weighted by Crippen LogP contribution is 2.14. The van der Waals surface area contributed by atoms with Crippen LogP contribution in [0.25, 0.3) is 0 Å². The third kappa shape index (κ3) is 3.83. The first-order valence-electron chi connectivity index (χ1n) is 5.17. The second kappa shape index (κ2) is 5.89. The molecule has 0 aliphatic carbocycles. The molecule has 0 aromatic heterocycles. The van der Waals surface area contributed by atoms with Crippen LogP contribution in [0.15, 0.2) is 24.3 Å². The quantitative estimate of drug-likeness (QED) is 0.601. The molecule has 0 spiro atoms. The summed E-state index contributed by atoms with van der Waals surface area (Å²) in [6, 6.07) is 4.46. The van der Waals surface area contributed by atoms with Crippen molar-refractivity contribution in [3.05, 3.63) is 35.4 Å². The summed E-state index contributed by atoms with van der Waals surface area (Å²) in [7, 11) is -4.71. The Morgan fingerprint density at radius 2 is 1.63 bits per heavy atom. The highest BCUT2D eigenvalue weighted by molar-refractivity contribution is 7.87. The smallest absolute Gasteiger partial charge is 0.335 e. The Morgan fingerprint density at radius 3 is 2.00 bits per heavy atom. The topological polar surface area (TPSA) is 109 Å². The number of halogens is 1. The molecule has 0 fully saturated rings. The molecule has 104 valence electrons. The van der Waals surface area contributed by atoms with Crippen molar-refractivity contribution in [2.45, 2.75) is 11.7 Å². The number of alkyl halides is 1. The fourth-order valence-electron chi connectivity index (χ4n) is 1.48. The van der Waals surface area contributed by atoms with Gasteiger partial charge in [0.25, 0.3) is 10.1 Å². The maximum absolute atomic E-state index is 12.2. The van der Waals surface area contributed by atoms with E-state index in [1.165, 1.54) is 0 Å². The van der Waals surface area contributed by atoms with Gasteiger partial charge >= 0.3 is 5.97 Å². The van der Waals surface area contributed by atoms with Crippen LogP contribution in [0.2, 0.25) is 0 Å². The number of benzene rings is 1. The van der Waals surface area contributed by atoms with Gasteiger partial charge in [-0.05, 0) is 12.1 Å². The van der Waals surface area contributed by atoms with Crippen molar-refractivity contribution in [3.63, 3.8) is 0 Å². The molecule has 0 bridgehead atoms. The molecule has 0 radical (unpaired) electrons. The van der Waals surface area contributed by atoms with Crippen LogP contribution in [0.5, 0.6) is 0 Å². The summed E-state index contributed by atoms with van der Waals surface area (Å²) < 4.78 is 43.1. The van der Waals surface area contributed by atoms with E-state index in [4.69, 9.17) is 9.66 Å². The highest BCUT2D eigenvalue weighted by Gasteiger charge is 2.31. The largest absolute Gasteiger partial charge is 0.478 e. The summed E-state index contributed by atoms with van der Waals surface area (Å²) in [5.74, 6) is -2.17. The summed E-state index contributed by atoms with van der Waals surface area (Å²) in [6.45, 7) is -1.08. The lowest BCUT2D eigenvalue weighted by Gasteiger charge is -2.11. The van der Waals surface area contributed by atoms with E-state index < -0.39 is 40.2 Å². The van der Waals surface area contributed by atoms with Crippen LogP contribution in [0.3, 0.4) is 0 Å². The summed E-state index contributed by atoms with van der Waals surface area (Å²) >= 11 is 0. The van der Waals surface area contributed by atoms with E-state index in [1.807, 2.05) is 0 Å². The van der Waals surface area contributed by atoms with Crippen molar-refractivity contribution in [1.29, 1.82) is 0 Å². The average Bonchev–Trinajstić information content (AvgIpc) is 2.34. The molecular weight excluding hydrogens is 279 g/mol. The predicted molar refractivity (Wildman–Crippen MR) is 63.7 cm³/mol. The van der Waals surface area contributed by atoms with E-state index in [1.54, 1.807) is 0 Å². The monoisotopic (exact) mass is 290 g/mol. The van der Waals surface area contributed by atoms with Crippen LogP contribution in [0.1, 0.15) is 27.1 Å². The highest BCUT2D eigenvalue weighted by atomic mass is 32.2. The van der Waals surface area contributed by atoms with Gasteiger partial charge in [0.2, 0.25) is 0 Å². The van der Waals surface area contributed by atoms with Gasteiger partial charge in [-0.15, -0.1) is 0 Å². The van der Waals surface area contributed by atoms with E-state index in [9.17, 15) is 22.4 Å². The van der Waals surface area contributed by atoms with Gasteiger partial charge < -0.3 is 5.11 Å².